The number of rotatable bonds is 15. The van der Waals surface area contributed by atoms with Crippen molar-refractivity contribution in [2.45, 2.75) is 95.5 Å². The number of aromatic nitrogens is 6. The van der Waals surface area contributed by atoms with Crippen LogP contribution in [0.4, 0.5) is 15.4 Å². The average molecular weight is 998 g/mol. The van der Waals surface area contributed by atoms with Crippen LogP contribution in [0.3, 0.4) is 0 Å². The number of aromatic amines is 2. The van der Waals surface area contributed by atoms with E-state index in [1.165, 1.54) is 40.6 Å². The number of methoxy groups -OCH3 is 3. The summed E-state index contributed by atoms with van der Waals surface area (Å²) in [5.41, 5.74) is 8.52. The van der Waals surface area contributed by atoms with Crippen molar-refractivity contribution < 1.29 is 38.5 Å². The summed E-state index contributed by atoms with van der Waals surface area (Å²) in [6.07, 6.45) is 10.8. The number of imidazole rings is 2. The third kappa shape index (κ3) is 11.3. The number of H-pyrrole nitrogens is 2. The summed E-state index contributed by atoms with van der Waals surface area (Å²) in [5, 5.41) is 12.3. The maximum absolute atomic E-state index is 13.8. The van der Waals surface area contributed by atoms with Crippen LogP contribution in [0.1, 0.15) is 88.9 Å². The second kappa shape index (κ2) is 23.8. The minimum Gasteiger partial charge on any atom is -0.453 e. The Morgan fingerprint density at radius 3 is 1.62 bits per heavy atom. The van der Waals surface area contributed by atoms with Gasteiger partial charge in [-0.25, -0.2) is 24.5 Å². The molecule has 3 aliphatic heterocycles. The number of benzene rings is 2. The lowest BCUT2D eigenvalue weighted by Gasteiger charge is -2.30. The molecule has 5 atom stereocenters. The fourth-order valence-corrected chi connectivity index (χ4v) is 10.2. The third-order valence-corrected chi connectivity index (χ3v) is 14.2. The average Bonchev–Trinajstić information content (AvgIpc) is 4.32. The van der Waals surface area contributed by atoms with Crippen molar-refractivity contribution in [3.63, 3.8) is 0 Å². The molecule has 386 valence electrons. The van der Waals surface area contributed by atoms with E-state index < -0.39 is 30.4 Å². The molecule has 0 radical (unpaired) electrons. The maximum atomic E-state index is 13.8. The molecule has 0 spiro atoms. The second-order valence-corrected chi connectivity index (χ2v) is 18.4. The predicted molar refractivity (Wildman–Crippen MR) is 277 cm³/mol. The zero-order valence-corrected chi connectivity index (χ0v) is 42.5. The van der Waals surface area contributed by atoms with Gasteiger partial charge in [-0.2, -0.15) is 0 Å². The minimum atomic E-state index is -0.915. The van der Waals surface area contributed by atoms with Crippen LogP contribution in [0, 0.1) is 0 Å². The Morgan fingerprint density at radius 2 is 1.14 bits per heavy atom. The number of amides is 4. The number of nitrogens with one attached hydrogen (secondary N) is 4. The van der Waals surface area contributed by atoms with Gasteiger partial charge in [0.15, 0.2) is 0 Å². The Bertz CT molecular complexity index is 2800. The number of hydrogen-bond acceptors (Lipinski definition) is 12. The molecule has 0 aliphatic carbocycles. The Morgan fingerprint density at radius 1 is 0.630 bits per heavy atom. The molecule has 0 saturated carbocycles. The van der Waals surface area contributed by atoms with Gasteiger partial charge in [0.05, 0.1) is 79.5 Å². The van der Waals surface area contributed by atoms with Crippen LogP contribution in [0.15, 0.2) is 91.4 Å². The summed E-state index contributed by atoms with van der Waals surface area (Å²) in [7, 11) is 5.06. The fourth-order valence-electron chi connectivity index (χ4n) is 10.2. The number of piperidine rings is 1. The first-order valence-corrected chi connectivity index (χ1v) is 25.1. The molecular formula is C54H67N11O8. The van der Waals surface area contributed by atoms with E-state index in [0.717, 1.165) is 102 Å². The smallest absolute Gasteiger partial charge is 0.407 e. The monoisotopic (exact) mass is 998 g/mol. The van der Waals surface area contributed by atoms with Gasteiger partial charge in [-0.05, 0) is 105 Å². The van der Waals surface area contributed by atoms with Crippen molar-refractivity contribution in [2.24, 2.45) is 0 Å². The highest BCUT2D eigenvalue weighted by atomic mass is 16.5. The quantitative estimate of drug-likeness (QED) is 0.0665. The Balaban J connectivity index is 0.00000351. The Labute approximate surface area is 425 Å². The van der Waals surface area contributed by atoms with E-state index >= 15 is 0 Å². The molecule has 3 saturated heterocycles. The molecule has 3 aliphatic rings. The molecule has 73 heavy (non-hydrogen) atoms. The van der Waals surface area contributed by atoms with E-state index in [1.54, 1.807) is 22.9 Å². The maximum Gasteiger partial charge on any atom is 0.407 e. The molecule has 4 unspecified atom stereocenters. The van der Waals surface area contributed by atoms with E-state index in [-0.39, 0.29) is 23.9 Å². The van der Waals surface area contributed by atoms with Crippen molar-refractivity contribution in [2.75, 3.05) is 59.5 Å². The molecule has 4 aromatic heterocycles. The highest BCUT2D eigenvalue weighted by molar-refractivity contribution is 5.87. The highest BCUT2D eigenvalue weighted by Crippen LogP contribution is 2.37. The van der Waals surface area contributed by atoms with Crippen molar-refractivity contribution in [3.05, 3.63) is 103 Å². The molecular weight excluding hydrogens is 931 g/mol. The molecule has 0 bridgehead atoms. The summed E-state index contributed by atoms with van der Waals surface area (Å²) in [5.74, 6) is 1.98. The second-order valence-electron chi connectivity index (χ2n) is 18.4. The molecule has 6 aromatic rings. The summed E-state index contributed by atoms with van der Waals surface area (Å²) < 4.78 is 17.3. The molecule has 7 heterocycles. The van der Waals surface area contributed by atoms with Crippen molar-refractivity contribution in [3.8, 4) is 50.7 Å². The molecule has 19 nitrogen and oxygen atoms in total. The SMILES string of the molecule is CCC(NC(=O)OC)C(=O)N1CCCC1c1ncc(-c2ccc(-c3ccc(-c4ccc(-c5cnc([C@@H]6CCCN6C(=O)C(NC(=O)OC)C(C)OC)[nH]5)cc4)n3-c3ccc(N4CCCCC4)nc3)cc2)[nH]1.CO. The van der Waals surface area contributed by atoms with Gasteiger partial charge >= 0.3 is 12.2 Å². The fraction of sp³-hybridized carbons (Fsp3) is 0.426. The van der Waals surface area contributed by atoms with Crippen molar-refractivity contribution in [1.29, 1.82) is 0 Å². The first kappa shape index (κ1) is 51.8. The Kier molecular flexibility index (Phi) is 16.9. The standard InChI is InChI=1S/C53H63N11O7.CH4O/c1-6-39(59-52(67)70-4)50(65)62-28-10-12-44(62)48-55-31-40(57-48)34-14-18-36(19-15-34)42-23-24-43(64(42)38-22-25-46(54-30-38)61-26-8-7-9-27-61)37-20-16-35(17-21-37)41-32-56-49(58-41)45-13-11-29-63(45)51(66)47(33(2)69-3)60-53(68)71-5;1-2/h14-25,30-33,39,44-45,47H,6-13,26-29H2,1-5H3,(H,55,57)(H,56,58)(H,59,67)(H,60,68);2H,1H3/t33?,39?,44?,45-,47?;/m0./s1. The number of anilines is 1. The summed E-state index contributed by atoms with van der Waals surface area (Å²) >= 11 is 0. The molecule has 19 heteroatoms. The van der Waals surface area contributed by atoms with E-state index in [1.807, 2.05) is 19.3 Å². The number of pyridine rings is 1. The van der Waals surface area contributed by atoms with Crippen LogP contribution in [0.5, 0.6) is 0 Å². The number of ether oxygens (including phenoxy) is 3. The first-order chi connectivity index (χ1) is 35.6. The van der Waals surface area contributed by atoms with Crippen LogP contribution in [0.25, 0.3) is 50.7 Å². The van der Waals surface area contributed by atoms with Crippen LogP contribution >= 0.6 is 0 Å². The van der Waals surface area contributed by atoms with E-state index in [2.05, 4.69) is 103 Å². The predicted octanol–water partition coefficient (Wildman–Crippen LogP) is 7.81. The number of aliphatic hydroxyl groups excluding tert-OH is 1. The lowest BCUT2D eigenvalue weighted by atomic mass is 10.1. The van der Waals surface area contributed by atoms with Crippen LogP contribution in [0.2, 0.25) is 0 Å². The van der Waals surface area contributed by atoms with Gasteiger partial charge in [-0.15, -0.1) is 0 Å². The normalized spacial score (nSPS) is 17.8. The van der Waals surface area contributed by atoms with Gasteiger partial charge in [-0.1, -0.05) is 55.5 Å². The van der Waals surface area contributed by atoms with E-state index in [9.17, 15) is 19.2 Å². The van der Waals surface area contributed by atoms with Gasteiger partial charge in [0.2, 0.25) is 11.8 Å². The lowest BCUT2D eigenvalue weighted by molar-refractivity contribution is -0.137. The zero-order chi connectivity index (χ0) is 51.6. The van der Waals surface area contributed by atoms with Crippen molar-refractivity contribution in [1.82, 2.24) is 49.9 Å². The lowest BCUT2D eigenvalue weighted by Crippen LogP contribution is -2.54. The summed E-state index contributed by atoms with van der Waals surface area (Å²) in [6, 6.07) is 23.2. The Hall–Kier alpha value is -7.51. The highest BCUT2D eigenvalue weighted by Gasteiger charge is 2.39. The molecule has 3 fully saturated rings. The van der Waals surface area contributed by atoms with Crippen LogP contribution in [-0.4, -0.2) is 141 Å². The topological polar surface area (TPSA) is 225 Å². The molecule has 5 N–H and O–H groups in total. The largest absolute Gasteiger partial charge is 0.453 e. The van der Waals surface area contributed by atoms with E-state index in [4.69, 9.17) is 34.3 Å². The number of likely N-dealkylation sites (tertiary alicyclic amines) is 2. The van der Waals surface area contributed by atoms with Gasteiger partial charge in [0.1, 0.15) is 29.6 Å². The number of hydrogen-bond donors (Lipinski definition) is 5. The minimum absolute atomic E-state index is 0.146. The van der Waals surface area contributed by atoms with Gasteiger partial charge in [-0.3, -0.25) is 9.59 Å². The van der Waals surface area contributed by atoms with Gasteiger partial charge in [0, 0.05) is 40.4 Å². The summed E-state index contributed by atoms with van der Waals surface area (Å²) in [6.45, 7) is 6.73. The van der Waals surface area contributed by atoms with Crippen LogP contribution < -0.4 is 15.5 Å². The molecule has 9 rings (SSSR count). The number of aliphatic hydroxyl groups is 1. The zero-order valence-electron chi connectivity index (χ0n) is 42.5. The molecule has 4 amide bonds. The van der Waals surface area contributed by atoms with Crippen LogP contribution in [-0.2, 0) is 23.8 Å². The van der Waals surface area contributed by atoms with E-state index in [0.29, 0.717) is 31.2 Å². The van der Waals surface area contributed by atoms with Gasteiger partial charge < -0.3 is 59.2 Å². The number of carbonyl (C=O) groups is 4. The number of carbonyl (C=O) groups excluding carboxylic acids is 4. The number of alkyl carbamates (subject to hydrolysis) is 2. The summed E-state index contributed by atoms with van der Waals surface area (Å²) in [4.78, 5) is 78.9. The van der Waals surface area contributed by atoms with Crippen molar-refractivity contribution >= 4 is 29.8 Å². The first-order valence-electron chi connectivity index (χ1n) is 25.1. The van der Waals surface area contributed by atoms with Gasteiger partial charge in [0.25, 0.3) is 0 Å². The number of nitrogens with zero attached hydrogens (tertiary/aromatic N) is 7. The third-order valence-electron chi connectivity index (χ3n) is 14.2. The molecule has 2 aromatic carbocycles.